The molecule has 0 saturated heterocycles. The van der Waals surface area contributed by atoms with Gasteiger partial charge < -0.3 is 15.2 Å². The van der Waals surface area contributed by atoms with Crippen molar-refractivity contribution < 1.29 is 9.32 Å². The lowest BCUT2D eigenvalue weighted by Gasteiger charge is -2.14. The van der Waals surface area contributed by atoms with Gasteiger partial charge in [-0.25, -0.2) is 0 Å². The molecule has 1 aromatic heterocycles. The maximum atomic E-state index is 11.9. The Balaban J connectivity index is 2.04. The smallest absolute Gasteiger partial charge is 0.277 e. The molecular formula is C15H19N3O2. The van der Waals surface area contributed by atoms with E-state index in [1.807, 2.05) is 24.3 Å². The topological polar surface area (TPSA) is 67.2 Å². The number of rotatable bonds is 6. The van der Waals surface area contributed by atoms with E-state index >= 15 is 0 Å². The van der Waals surface area contributed by atoms with Gasteiger partial charge in [-0.1, -0.05) is 24.2 Å². The van der Waals surface area contributed by atoms with Crippen molar-refractivity contribution in [2.45, 2.75) is 26.3 Å². The number of nitrogens with zero attached hydrogens (tertiary/aromatic N) is 1. The van der Waals surface area contributed by atoms with Crippen LogP contribution in [-0.4, -0.2) is 17.6 Å². The van der Waals surface area contributed by atoms with E-state index in [0.717, 1.165) is 24.2 Å². The zero-order valence-electron chi connectivity index (χ0n) is 11.7. The maximum absolute atomic E-state index is 11.9. The molecule has 20 heavy (non-hydrogen) atoms. The minimum Gasteiger partial charge on any atom is -0.364 e. The van der Waals surface area contributed by atoms with E-state index in [0.29, 0.717) is 0 Å². The first-order valence-electron chi connectivity index (χ1n) is 6.75. The van der Waals surface area contributed by atoms with Crippen molar-refractivity contribution in [2.75, 3.05) is 11.9 Å². The highest BCUT2D eigenvalue weighted by molar-refractivity contribution is 6.02. The molecule has 2 N–H and O–H groups in total. The molecule has 106 valence electrons. The summed E-state index contributed by atoms with van der Waals surface area (Å²) in [5.74, 6) is -0.273. The molecule has 0 spiro atoms. The fourth-order valence-electron chi connectivity index (χ4n) is 1.89. The predicted molar refractivity (Wildman–Crippen MR) is 77.6 cm³/mol. The van der Waals surface area contributed by atoms with Gasteiger partial charge in [-0.15, -0.1) is 0 Å². The predicted octanol–water partition coefficient (Wildman–Crippen LogP) is 2.99. The van der Waals surface area contributed by atoms with Gasteiger partial charge in [0.1, 0.15) is 6.26 Å². The van der Waals surface area contributed by atoms with E-state index in [-0.39, 0.29) is 17.6 Å². The van der Waals surface area contributed by atoms with Gasteiger partial charge in [0.15, 0.2) is 5.69 Å². The Labute approximate surface area is 118 Å². The number of aromatic nitrogens is 1. The summed E-state index contributed by atoms with van der Waals surface area (Å²) >= 11 is 0. The number of carbonyl (C=O) groups is 1. The molecule has 2 rings (SSSR count). The number of hydrogen-bond acceptors (Lipinski definition) is 4. The largest absolute Gasteiger partial charge is 0.364 e. The average molecular weight is 273 g/mol. The highest BCUT2D eigenvalue weighted by Gasteiger charge is 2.10. The van der Waals surface area contributed by atoms with E-state index < -0.39 is 0 Å². The quantitative estimate of drug-likeness (QED) is 0.849. The second-order valence-corrected chi connectivity index (χ2v) is 4.64. The van der Waals surface area contributed by atoms with Crippen molar-refractivity contribution in [3.63, 3.8) is 0 Å². The molecule has 0 radical (unpaired) electrons. The minimum atomic E-state index is -0.273. The number of benzene rings is 1. The van der Waals surface area contributed by atoms with Gasteiger partial charge in [0, 0.05) is 17.8 Å². The fourth-order valence-corrected chi connectivity index (χ4v) is 1.89. The Hall–Kier alpha value is -2.14. The van der Waals surface area contributed by atoms with E-state index in [9.17, 15) is 4.79 Å². The first-order chi connectivity index (χ1) is 9.70. The lowest BCUT2D eigenvalue weighted by atomic mass is 10.1. The summed E-state index contributed by atoms with van der Waals surface area (Å²) in [5.41, 5.74) is 2.16. The molecule has 1 aromatic carbocycles. The molecule has 1 unspecified atom stereocenters. The second-order valence-electron chi connectivity index (χ2n) is 4.64. The normalized spacial score (nSPS) is 12.1. The van der Waals surface area contributed by atoms with Gasteiger partial charge in [-0.2, -0.15) is 0 Å². The van der Waals surface area contributed by atoms with Crippen molar-refractivity contribution in [1.29, 1.82) is 0 Å². The van der Waals surface area contributed by atoms with Gasteiger partial charge >= 0.3 is 0 Å². The Morgan fingerprint density at radius 3 is 2.95 bits per heavy atom. The van der Waals surface area contributed by atoms with E-state index in [2.05, 4.69) is 34.2 Å². The van der Waals surface area contributed by atoms with Gasteiger partial charge in [-0.05, 0) is 37.6 Å². The van der Waals surface area contributed by atoms with Gasteiger partial charge in [0.2, 0.25) is 0 Å². The van der Waals surface area contributed by atoms with Gasteiger partial charge in [-0.3, -0.25) is 4.79 Å². The lowest BCUT2D eigenvalue weighted by molar-refractivity contribution is 0.101. The molecule has 0 fully saturated rings. The monoisotopic (exact) mass is 273 g/mol. The van der Waals surface area contributed by atoms with Gasteiger partial charge in [0.05, 0.1) is 0 Å². The third kappa shape index (κ3) is 3.68. The van der Waals surface area contributed by atoms with Crippen LogP contribution in [0, 0.1) is 0 Å². The molecule has 5 heteroatoms. The zero-order valence-corrected chi connectivity index (χ0v) is 11.7. The second kappa shape index (κ2) is 6.86. The van der Waals surface area contributed by atoms with Crippen LogP contribution in [0.3, 0.4) is 0 Å². The third-order valence-corrected chi connectivity index (χ3v) is 3.02. The lowest BCUT2D eigenvalue weighted by Crippen LogP contribution is -2.19. The molecule has 1 atom stereocenters. The van der Waals surface area contributed by atoms with Crippen LogP contribution in [0.4, 0.5) is 5.69 Å². The summed E-state index contributed by atoms with van der Waals surface area (Å²) in [6.07, 6.45) is 2.47. The molecule has 5 nitrogen and oxygen atoms in total. The molecule has 2 aromatic rings. The Bertz CT molecular complexity index is 552. The first-order valence-corrected chi connectivity index (χ1v) is 6.75. The van der Waals surface area contributed by atoms with Crippen LogP contribution in [-0.2, 0) is 0 Å². The Morgan fingerprint density at radius 1 is 1.40 bits per heavy atom. The molecule has 0 saturated carbocycles. The van der Waals surface area contributed by atoms with Crippen LogP contribution in [0.5, 0.6) is 0 Å². The number of anilines is 1. The van der Waals surface area contributed by atoms with Crippen molar-refractivity contribution >= 4 is 11.6 Å². The standard InChI is InChI=1S/C15H19N3O2/c1-3-8-16-11(2)12-5-4-6-13(10-12)17-15(19)14-7-9-20-18-14/h4-7,9-11,16H,3,8H2,1-2H3,(H,17,19). The van der Waals surface area contributed by atoms with Crippen LogP contribution >= 0.6 is 0 Å². The number of carbonyl (C=O) groups excluding carboxylic acids is 1. The zero-order chi connectivity index (χ0) is 14.4. The molecule has 0 aliphatic carbocycles. The minimum absolute atomic E-state index is 0.249. The highest BCUT2D eigenvalue weighted by Crippen LogP contribution is 2.18. The summed E-state index contributed by atoms with van der Waals surface area (Å²) in [4.78, 5) is 11.9. The average Bonchev–Trinajstić information content (AvgIpc) is 2.99. The molecule has 0 bridgehead atoms. The van der Waals surface area contributed by atoms with Crippen molar-refractivity contribution in [3.8, 4) is 0 Å². The summed E-state index contributed by atoms with van der Waals surface area (Å²) in [6.45, 7) is 5.21. The van der Waals surface area contributed by atoms with Crippen LogP contribution in [0.15, 0.2) is 41.1 Å². The molecule has 1 heterocycles. The number of hydrogen-bond donors (Lipinski definition) is 2. The Kier molecular flexibility index (Phi) is 4.90. The fraction of sp³-hybridized carbons (Fsp3) is 0.333. The summed E-state index contributed by atoms with van der Waals surface area (Å²) in [5, 5.41) is 9.83. The van der Waals surface area contributed by atoms with Crippen LogP contribution in [0.2, 0.25) is 0 Å². The van der Waals surface area contributed by atoms with E-state index in [1.165, 1.54) is 12.3 Å². The van der Waals surface area contributed by atoms with Crippen LogP contribution in [0.25, 0.3) is 0 Å². The third-order valence-electron chi connectivity index (χ3n) is 3.02. The van der Waals surface area contributed by atoms with Crippen molar-refractivity contribution in [2.24, 2.45) is 0 Å². The highest BCUT2D eigenvalue weighted by atomic mass is 16.5. The molecule has 0 aliphatic rings. The van der Waals surface area contributed by atoms with Gasteiger partial charge in [0.25, 0.3) is 5.91 Å². The van der Waals surface area contributed by atoms with E-state index in [1.54, 1.807) is 0 Å². The summed E-state index contributed by atoms with van der Waals surface area (Å²) in [7, 11) is 0. The number of nitrogens with one attached hydrogen (secondary N) is 2. The van der Waals surface area contributed by atoms with Crippen molar-refractivity contribution in [3.05, 3.63) is 47.9 Å². The first kappa shape index (κ1) is 14.3. The van der Waals surface area contributed by atoms with E-state index in [4.69, 9.17) is 0 Å². The number of amides is 1. The molecular weight excluding hydrogens is 254 g/mol. The van der Waals surface area contributed by atoms with Crippen LogP contribution in [0.1, 0.15) is 42.4 Å². The van der Waals surface area contributed by atoms with Crippen LogP contribution < -0.4 is 10.6 Å². The maximum Gasteiger partial charge on any atom is 0.277 e. The SMILES string of the molecule is CCCNC(C)c1cccc(NC(=O)c2ccon2)c1. The summed E-state index contributed by atoms with van der Waals surface area (Å²) in [6, 6.07) is 9.57. The summed E-state index contributed by atoms with van der Waals surface area (Å²) < 4.78 is 4.66. The molecule has 0 aliphatic heterocycles. The Morgan fingerprint density at radius 2 is 2.25 bits per heavy atom. The van der Waals surface area contributed by atoms with Crippen molar-refractivity contribution in [1.82, 2.24) is 10.5 Å². The molecule has 1 amide bonds.